The topological polar surface area (TPSA) is 106 Å². The van der Waals surface area contributed by atoms with Gasteiger partial charge in [-0.05, 0) is 55.5 Å². The number of nitrogens with one attached hydrogen (secondary N) is 1. The molecule has 0 spiro atoms. The molecule has 0 saturated heterocycles. The number of rotatable bonds is 7. The van der Waals surface area contributed by atoms with Gasteiger partial charge < -0.3 is 15.0 Å². The van der Waals surface area contributed by atoms with Gasteiger partial charge >= 0.3 is 12.1 Å². The SMILES string of the molecule is CC(Nc1nc(C(=O)O)nc2nc(-c3ccccn3)n(Cc3ccc(C(F)(F)F)cc3)c12)C1CCC1. The average molecular weight is 496 g/mol. The number of nitrogens with zero attached hydrogens (tertiary/aromatic N) is 5. The van der Waals surface area contributed by atoms with Gasteiger partial charge in [-0.25, -0.2) is 19.7 Å². The number of fused-ring (bicyclic) bond motifs is 1. The molecule has 2 N–H and O–H groups in total. The Morgan fingerprint density at radius 3 is 2.47 bits per heavy atom. The van der Waals surface area contributed by atoms with Gasteiger partial charge in [0.15, 0.2) is 17.3 Å². The lowest BCUT2D eigenvalue weighted by molar-refractivity contribution is -0.137. The van der Waals surface area contributed by atoms with E-state index in [4.69, 9.17) is 0 Å². The van der Waals surface area contributed by atoms with Crippen molar-refractivity contribution in [3.8, 4) is 11.5 Å². The summed E-state index contributed by atoms with van der Waals surface area (Å²) in [6.45, 7) is 2.18. The largest absolute Gasteiger partial charge is 0.475 e. The van der Waals surface area contributed by atoms with Gasteiger partial charge in [0.2, 0.25) is 5.82 Å². The number of halogens is 3. The van der Waals surface area contributed by atoms with Crippen LogP contribution in [0.25, 0.3) is 22.7 Å². The molecule has 5 rings (SSSR count). The predicted molar refractivity (Wildman–Crippen MR) is 126 cm³/mol. The summed E-state index contributed by atoms with van der Waals surface area (Å²) in [5.41, 5.74) is 1.000. The lowest BCUT2D eigenvalue weighted by Gasteiger charge is -2.32. The van der Waals surface area contributed by atoms with Crippen molar-refractivity contribution >= 4 is 23.0 Å². The Kier molecular flexibility index (Phi) is 6.07. The third-order valence-corrected chi connectivity index (χ3v) is 6.53. The zero-order valence-electron chi connectivity index (χ0n) is 19.3. The van der Waals surface area contributed by atoms with Crippen molar-refractivity contribution < 1.29 is 23.1 Å². The molecule has 3 heterocycles. The van der Waals surface area contributed by atoms with Gasteiger partial charge in [0.05, 0.1) is 5.56 Å². The van der Waals surface area contributed by atoms with Crippen molar-refractivity contribution in [1.82, 2.24) is 24.5 Å². The number of anilines is 1. The maximum absolute atomic E-state index is 13.1. The van der Waals surface area contributed by atoms with Crippen LogP contribution >= 0.6 is 0 Å². The normalized spacial score (nSPS) is 15.0. The molecule has 0 radical (unpaired) electrons. The summed E-state index contributed by atoms with van der Waals surface area (Å²) in [6, 6.07) is 10.2. The standard InChI is InChI=1S/C25H23F3N6O2/c1-14(16-5-4-6-16)30-20-19-21(32-22(31-20)24(35)36)33-23(18-7-2-3-12-29-18)34(19)13-15-8-10-17(11-9-15)25(26,27)28/h2-3,7-12,14,16H,4-6,13H2,1H3,(H,35,36)(H,30,31,32). The molecule has 4 aromatic rings. The Morgan fingerprint density at radius 1 is 1.14 bits per heavy atom. The van der Waals surface area contributed by atoms with Crippen LogP contribution in [0.3, 0.4) is 0 Å². The molecule has 1 fully saturated rings. The van der Waals surface area contributed by atoms with Gasteiger partial charge in [0.25, 0.3) is 0 Å². The van der Waals surface area contributed by atoms with Crippen LogP contribution in [0, 0.1) is 5.92 Å². The first-order valence-electron chi connectivity index (χ1n) is 11.6. The van der Waals surface area contributed by atoms with Gasteiger partial charge in [0, 0.05) is 18.8 Å². The molecular formula is C25H23F3N6O2. The molecule has 0 aliphatic heterocycles. The van der Waals surface area contributed by atoms with Crippen LogP contribution in [0.15, 0.2) is 48.7 Å². The van der Waals surface area contributed by atoms with E-state index in [1.807, 2.05) is 6.92 Å². The van der Waals surface area contributed by atoms with Crippen molar-refractivity contribution in [2.75, 3.05) is 5.32 Å². The Bertz CT molecular complexity index is 1400. The first-order valence-corrected chi connectivity index (χ1v) is 11.6. The van der Waals surface area contributed by atoms with E-state index in [0.717, 1.165) is 31.4 Å². The van der Waals surface area contributed by atoms with E-state index in [-0.39, 0.29) is 18.2 Å². The summed E-state index contributed by atoms with van der Waals surface area (Å²) in [4.78, 5) is 29.2. The zero-order chi connectivity index (χ0) is 25.4. The fourth-order valence-electron chi connectivity index (χ4n) is 4.33. The Balaban J connectivity index is 1.66. The van der Waals surface area contributed by atoms with E-state index in [2.05, 4.69) is 25.3 Å². The summed E-state index contributed by atoms with van der Waals surface area (Å²) in [5, 5.41) is 13.0. The molecule has 1 unspecified atom stereocenters. The van der Waals surface area contributed by atoms with E-state index in [1.54, 1.807) is 29.0 Å². The minimum Gasteiger partial charge on any atom is -0.475 e. The van der Waals surface area contributed by atoms with Gasteiger partial charge in [-0.2, -0.15) is 13.2 Å². The van der Waals surface area contributed by atoms with Crippen LogP contribution in [-0.4, -0.2) is 41.6 Å². The van der Waals surface area contributed by atoms with Crippen molar-refractivity contribution in [1.29, 1.82) is 0 Å². The molecule has 186 valence electrons. The molecule has 0 bridgehead atoms. The first-order chi connectivity index (χ1) is 17.2. The van der Waals surface area contributed by atoms with E-state index < -0.39 is 23.5 Å². The van der Waals surface area contributed by atoms with Crippen LogP contribution in [-0.2, 0) is 12.7 Å². The highest BCUT2D eigenvalue weighted by molar-refractivity contribution is 5.92. The number of imidazole rings is 1. The number of aromatic carboxylic acids is 1. The summed E-state index contributed by atoms with van der Waals surface area (Å²) in [5.74, 6) is -0.518. The number of carboxylic acid groups (broad SMARTS) is 1. The van der Waals surface area contributed by atoms with Crippen LogP contribution in [0.2, 0.25) is 0 Å². The van der Waals surface area contributed by atoms with E-state index in [0.29, 0.717) is 34.3 Å². The molecule has 36 heavy (non-hydrogen) atoms. The first kappa shape index (κ1) is 23.7. The zero-order valence-corrected chi connectivity index (χ0v) is 19.3. The van der Waals surface area contributed by atoms with Crippen LogP contribution in [0.4, 0.5) is 19.0 Å². The minimum atomic E-state index is -4.44. The number of benzene rings is 1. The second-order valence-electron chi connectivity index (χ2n) is 8.93. The summed E-state index contributed by atoms with van der Waals surface area (Å²) in [7, 11) is 0. The van der Waals surface area contributed by atoms with Crippen molar-refractivity contribution in [3.63, 3.8) is 0 Å². The molecule has 1 aliphatic carbocycles. The quantitative estimate of drug-likeness (QED) is 0.360. The number of hydrogen-bond donors (Lipinski definition) is 2. The Labute approximate surface area is 204 Å². The van der Waals surface area contributed by atoms with Crippen LogP contribution in [0.1, 0.15) is 47.9 Å². The molecule has 1 aromatic carbocycles. The van der Waals surface area contributed by atoms with Crippen LogP contribution < -0.4 is 5.32 Å². The third-order valence-electron chi connectivity index (χ3n) is 6.53. The maximum Gasteiger partial charge on any atom is 0.416 e. The fraction of sp³-hybridized carbons (Fsp3) is 0.320. The van der Waals surface area contributed by atoms with Crippen molar-refractivity contribution in [3.05, 3.63) is 65.6 Å². The molecule has 11 heteroatoms. The number of aromatic nitrogens is 5. The number of pyridine rings is 1. The van der Waals surface area contributed by atoms with Crippen molar-refractivity contribution in [2.45, 2.75) is 44.9 Å². The van der Waals surface area contributed by atoms with E-state index >= 15 is 0 Å². The molecule has 1 saturated carbocycles. The second kappa shape index (κ2) is 9.21. The molecule has 1 aliphatic rings. The molecule has 8 nitrogen and oxygen atoms in total. The highest BCUT2D eigenvalue weighted by Crippen LogP contribution is 2.34. The molecule has 0 amide bonds. The van der Waals surface area contributed by atoms with Crippen LogP contribution in [0.5, 0.6) is 0 Å². The number of hydrogen-bond acceptors (Lipinski definition) is 6. The Hall–Kier alpha value is -4.02. The van der Waals surface area contributed by atoms with E-state index in [9.17, 15) is 23.1 Å². The predicted octanol–water partition coefficient (Wildman–Crippen LogP) is 5.25. The maximum atomic E-state index is 13.1. The number of carboxylic acids is 1. The van der Waals surface area contributed by atoms with Gasteiger partial charge in [-0.1, -0.05) is 24.6 Å². The Morgan fingerprint density at radius 2 is 1.89 bits per heavy atom. The number of carbonyl (C=O) groups is 1. The van der Waals surface area contributed by atoms with Gasteiger partial charge in [-0.15, -0.1) is 0 Å². The lowest BCUT2D eigenvalue weighted by Crippen LogP contribution is -2.31. The average Bonchev–Trinajstić information content (AvgIpc) is 3.16. The number of alkyl halides is 3. The van der Waals surface area contributed by atoms with Crippen molar-refractivity contribution in [2.24, 2.45) is 5.92 Å². The fourth-order valence-corrected chi connectivity index (χ4v) is 4.33. The molecule has 3 aromatic heterocycles. The highest BCUT2D eigenvalue weighted by Gasteiger charge is 2.30. The second-order valence-corrected chi connectivity index (χ2v) is 8.93. The minimum absolute atomic E-state index is 0.0335. The third kappa shape index (κ3) is 4.60. The smallest absolute Gasteiger partial charge is 0.416 e. The summed E-state index contributed by atoms with van der Waals surface area (Å²) in [6.07, 6.45) is 0.445. The van der Waals surface area contributed by atoms with E-state index in [1.165, 1.54) is 12.1 Å². The highest BCUT2D eigenvalue weighted by atomic mass is 19.4. The monoisotopic (exact) mass is 496 g/mol. The summed E-state index contributed by atoms with van der Waals surface area (Å²) >= 11 is 0. The lowest BCUT2D eigenvalue weighted by atomic mass is 9.80. The van der Waals surface area contributed by atoms with Gasteiger partial charge in [0.1, 0.15) is 11.2 Å². The summed E-state index contributed by atoms with van der Waals surface area (Å²) < 4.78 is 41.0. The molecule has 1 atom stereocenters. The van der Waals surface area contributed by atoms with Gasteiger partial charge in [-0.3, -0.25) is 4.98 Å². The molecular weight excluding hydrogens is 473 g/mol.